The van der Waals surface area contributed by atoms with Crippen molar-refractivity contribution in [2.45, 2.75) is 32.2 Å². The highest BCUT2D eigenvalue weighted by Gasteiger charge is 2.51. The van der Waals surface area contributed by atoms with Crippen molar-refractivity contribution in [3.05, 3.63) is 58.5 Å². The molecule has 0 spiro atoms. The van der Waals surface area contributed by atoms with Gasteiger partial charge in [0.05, 0.1) is 34.1 Å². The predicted molar refractivity (Wildman–Crippen MR) is 101 cm³/mol. The van der Waals surface area contributed by atoms with E-state index in [1.165, 1.54) is 0 Å². The molecule has 0 radical (unpaired) electrons. The number of carbonyl (C=O) groups is 1. The van der Waals surface area contributed by atoms with E-state index in [1.807, 2.05) is 19.1 Å². The molecule has 0 saturated carbocycles. The first-order valence-electron chi connectivity index (χ1n) is 8.72. The number of benzene rings is 1. The van der Waals surface area contributed by atoms with Crippen LogP contribution in [0.4, 0.5) is 0 Å². The Morgan fingerprint density at radius 3 is 2.82 bits per heavy atom. The Labute approximate surface area is 166 Å². The zero-order valence-electron chi connectivity index (χ0n) is 15.2. The summed E-state index contributed by atoms with van der Waals surface area (Å²) in [6, 6.07) is 10.6. The number of hydrogen-bond donors (Lipinski definition) is 2. The maximum atomic E-state index is 12.8. The fraction of sp³-hybridized carbons (Fsp3) is 0.263. The summed E-state index contributed by atoms with van der Waals surface area (Å²) in [5, 5.41) is 30.1. The van der Waals surface area contributed by atoms with Crippen molar-refractivity contribution < 1.29 is 9.90 Å². The van der Waals surface area contributed by atoms with Crippen LogP contribution in [0.5, 0.6) is 0 Å². The largest absolute Gasteiger partial charge is 0.387 e. The molecule has 0 bridgehead atoms. The summed E-state index contributed by atoms with van der Waals surface area (Å²) in [6.45, 7) is 3.53. The Morgan fingerprint density at radius 2 is 2.18 bits per heavy atom. The van der Waals surface area contributed by atoms with E-state index in [0.29, 0.717) is 16.3 Å². The van der Waals surface area contributed by atoms with Crippen molar-refractivity contribution in [1.29, 1.82) is 5.26 Å². The molecule has 1 fully saturated rings. The van der Waals surface area contributed by atoms with E-state index in [0.717, 1.165) is 11.3 Å². The van der Waals surface area contributed by atoms with Crippen molar-refractivity contribution in [3.63, 3.8) is 0 Å². The maximum absolute atomic E-state index is 12.8. The van der Waals surface area contributed by atoms with Gasteiger partial charge < -0.3 is 10.0 Å². The SMILES string of the molecule is CC(O)c1cc(C(=O)N2[C@@H](C)[C@@H]2n2nccc2-c2ccc(C#N)c(Cl)c2)n[nH]1. The first-order chi connectivity index (χ1) is 13.4. The smallest absolute Gasteiger partial charge is 0.276 e. The molecule has 3 heterocycles. The molecule has 8 nitrogen and oxygen atoms in total. The number of carbonyl (C=O) groups excluding carboxylic acids is 1. The molecule has 1 unspecified atom stereocenters. The summed E-state index contributed by atoms with van der Waals surface area (Å²) < 4.78 is 1.77. The molecular weight excluding hydrogens is 380 g/mol. The Bertz CT molecular complexity index is 1100. The molecule has 1 aliphatic heterocycles. The minimum atomic E-state index is -0.727. The molecular formula is C19H17ClN6O2. The summed E-state index contributed by atoms with van der Waals surface area (Å²) in [5.74, 6) is -0.236. The van der Waals surface area contributed by atoms with E-state index in [9.17, 15) is 9.90 Å². The number of nitrogens with one attached hydrogen (secondary N) is 1. The highest BCUT2D eigenvalue weighted by molar-refractivity contribution is 6.32. The molecule has 3 aromatic rings. The van der Waals surface area contributed by atoms with Crippen molar-refractivity contribution in [3.8, 4) is 17.3 Å². The molecule has 2 aromatic heterocycles. The summed E-state index contributed by atoms with van der Waals surface area (Å²) in [4.78, 5) is 14.5. The molecule has 1 amide bonds. The van der Waals surface area contributed by atoms with E-state index in [1.54, 1.807) is 47.0 Å². The molecule has 2 N–H and O–H groups in total. The lowest BCUT2D eigenvalue weighted by atomic mass is 10.1. The maximum Gasteiger partial charge on any atom is 0.276 e. The van der Waals surface area contributed by atoms with Gasteiger partial charge in [0.1, 0.15) is 12.2 Å². The normalized spacial score (nSPS) is 19.3. The third kappa shape index (κ3) is 2.95. The Kier molecular flexibility index (Phi) is 4.41. The second kappa shape index (κ2) is 6.78. The van der Waals surface area contributed by atoms with Gasteiger partial charge in [0.25, 0.3) is 5.91 Å². The van der Waals surface area contributed by atoms with Gasteiger partial charge in [-0.15, -0.1) is 0 Å². The van der Waals surface area contributed by atoms with Crippen LogP contribution >= 0.6 is 11.6 Å². The van der Waals surface area contributed by atoms with Crippen molar-refractivity contribution in [1.82, 2.24) is 24.9 Å². The molecule has 1 aromatic carbocycles. The number of H-pyrrole nitrogens is 1. The van der Waals surface area contributed by atoms with Gasteiger partial charge in [0.2, 0.25) is 0 Å². The van der Waals surface area contributed by atoms with Crippen LogP contribution in [-0.2, 0) is 0 Å². The number of halogens is 1. The Hall–Kier alpha value is -3.15. The van der Waals surface area contributed by atoms with Crippen LogP contribution in [0.1, 0.15) is 47.9 Å². The second-order valence-corrected chi connectivity index (χ2v) is 7.13. The van der Waals surface area contributed by atoms with Gasteiger partial charge in [0.15, 0.2) is 5.69 Å². The van der Waals surface area contributed by atoms with Gasteiger partial charge in [-0.05, 0) is 38.1 Å². The van der Waals surface area contributed by atoms with Crippen molar-refractivity contribution in [2.24, 2.45) is 0 Å². The topological polar surface area (TPSA) is 111 Å². The van der Waals surface area contributed by atoms with E-state index in [-0.39, 0.29) is 23.8 Å². The van der Waals surface area contributed by atoms with Crippen molar-refractivity contribution >= 4 is 17.5 Å². The first kappa shape index (κ1) is 18.2. The van der Waals surface area contributed by atoms with Gasteiger partial charge >= 0.3 is 0 Å². The van der Waals surface area contributed by atoms with Gasteiger partial charge in [-0.25, -0.2) is 4.68 Å². The number of amides is 1. The predicted octanol–water partition coefficient (Wildman–Crippen LogP) is 2.89. The summed E-state index contributed by atoms with van der Waals surface area (Å²) in [6.07, 6.45) is 0.684. The number of aromatic nitrogens is 4. The number of rotatable bonds is 4. The molecule has 3 atom stereocenters. The van der Waals surface area contributed by atoms with Crippen LogP contribution in [-0.4, -0.2) is 41.9 Å². The monoisotopic (exact) mass is 396 g/mol. The van der Waals surface area contributed by atoms with E-state index in [4.69, 9.17) is 16.9 Å². The number of nitrogens with zero attached hydrogens (tertiary/aromatic N) is 5. The van der Waals surface area contributed by atoms with Crippen LogP contribution in [0.15, 0.2) is 36.5 Å². The number of aliphatic hydroxyl groups is 1. The summed E-state index contributed by atoms with van der Waals surface area (Å²) >= 11 is 6.16. The fourth-order valence-electron chi connectivity index (χ4n) is 3.27. The van der Waals surface area contributed by atoms with Gasteiger partial charge in [0, 0.05) is 11.8 Å². The number of aliphatic hydroxyl groups excluding tert-OH is 1. The molecule has 0 aliphatic carbocycles. The number of hydrogen-bond acceptors (Lipinski definition) is 5. The highest BCUT2D eigenvalue weighted by Crippen LogP contribution is 2.42. The molecule has 28 heavy (non-hydrogen) atoms. The Morgan fingerprint density at radius 1 is 1.39 bits per heavy atom. The summed E-state index contributed by atoms with van der Waals surface area (Å²) in [7, 11) is 0. The van der Waals surface area contributed by atoms with Crippen molar-refractivity contribution in [2.75, 3.05) is 0 Å². The Balaban J connectivity index is 1.61. The third-order valence-electron chi connectivity index (χ3n) is 4.87. The minimum absolute atomic E-state index is 0.0632. The van der Waals surface area contributed by atoms with Crippen LogP contribution in [0, 0.1) is 11.3 Å². The quantitative estimate of drug-likeness (QED) is 0.659. The fourth-order valence-corrected chi connectivity index (χ4v) is 3.49. The standard InChI is InChI=1S/C19H17ClN6O2/c1-10-18(25(10)19(28)16-8-15(11(2)27)23-24-16)26-17(5-6-22-26)12-3-4-13(9-21)14(20)7-12/h3-8,10-11,18,27H,1-2H3,(H,23,24)/t10-,11?,18-,25?/m0/s1. The second-order valence-electron chi connectivity index (χ2n) is 6.72. The zero-order chi connectivity index (χ0) is 20.0. The van der Waals surface area contributed by atoms with Gasteiger partial charge in [-0.3, -0.25) is 9.89 Å². The molecule has 4 rings (SSSR count). The average Bonchev–Trinajstić information content (AvgIpc) is 3.09. The zero-order valence-corrected chi connectivity index (χ0v) is 15.9. The number of nitriles is 1. The lowest BCUT2D eigenvalue weighted by Gasteiger charge is -2.08. The average molecular weight is 397 g/mol. The first-order valence-corrected chi connectivity index (χ1v) is 9.09. The molecule has 142 valence electrons. The molecule has 9 heteroatoms. The van der Waals surface area contributed by atoms with E-state index < -0.39 is 6.10 Å². The van der Waals surface area contributed by atoms with Crippen LogP contribution in [0.3, 0.4) is 0 Å². The van der Waals surface area contributed by atoms with Crippen LogP contribution < -0.4 is 0 Å². The number of aromatic amines is 1. The van der Waals surface area contributed by atoms with Crippen LogP contribution in [0.2, 0.25) is 5.02 Å². The van der Waals surface area contributed by atoms with E-state index >= 15 is 0 Å². The van der Waals surface area contributed by atoms with Gasteiger partial charge in [-0.1, -0.05) is 17.7 Å². The molecule has 1 aliphatic rings. The van der Waals surface area contributed by atoms with Gasteiger partial charge in [-0.2, -0.15) is 15.5 Å². The highest BCUT2D eigenvalue weighted by atomic mass is 35.5. The minimum Gasteiger partial charge on any atom is -0.387 e. The summed E-state index contributed by atoms with van der Waals surface area (Å²) in [5.41, 5.74) is 2.75. The lowest BCUT2D eigenvalue weighted by Crippen LogP contribution is -2.15. The lowest BCUT2D eigenvalue weighted by molar-refractivity contribution is 0.0850. The third-order valence-corrected chi connectivity index (χ3v) is 5.19. The van der Waals surface area contributed by atoms with Crippen LogP contribution in [0.25, 0.3) is 11.3 Å². The van der Waals surface area contributed by atoms with E-state index in [2.05, 4.69) is 15.3 Å². The molecule has 1 saturated heterocycles.